The van der Waals surface area contributed by atoms with Gasteiger partial charge in [-0.2, -0.15) is 0 Å². The predicted molar refractivity (Wildman–Crippen MR) is 85.3 cm³/mol. The summed E-state index contributed by atoms with van der Waals surface area (Å²) in [5.74, 6) is 0.837. The van der Waals surface area contributed by atoms with Crippen molar-refractivity contribution in [1.29, 1.82) is 0 Å². The Hall–Kier alpha value is -1.71. The number of anilines is 2. The zero-order chi connectivity index (χ0) is 14.5. The average Bonchev–Trinajstić information content (AvgIpc) is 2.47. The van der Waals surface area contributed by atoms with E-state index in [1.165, 1.54) is 0 Å². The van der Waals surface area contributed by atoms with Gasteiger partial charge in [0.1, 0.15) is 5.75 Å². The quantitative estimate of drug-likeness (QED) is 0.914. The molecule has 0 aliphatic carbocycles. The van der Waals surface area contributed by atoms with Gasteiger partial charge in [-0.25, -0.2) is 0 Å². The van der Waals surface area contributed by atoms with Gasteiger partial charge in [-0.05, 0) is 48.9 Å². The molecule has 0 aliphatic heterocycles. The van der Waals surface area contributed by atoms with E-state index >= 15 is 0 Å². The van der Waals surface area contributed by atoms with E-state index in [4.69, 9.17) is 22.1 Å². The molecule has 106 valence electrons. The van der Waals surface area contributed by atoms with E-state index in [0.717, 1.165) is 34.1 Å². The van der Waals surface area contributed by atoms with Gasteiger partial charge < -0.3 is 15.4 Å². The Morgan fingerprint density at radius 2 is 1.90 bits per heavy atom. The van der Waals surface area contributed by atoms with Crippen LogP contribution >= 0.6 is 11.6 Å². The largest absolute Gasteiger partial charge is 0.495 e. The van der Waals surface area contributed by atoms with Gasteiger partial charge in [0, 0.05) is 17.8 Å². The highest BCUT2D eigenvalue weighted by molar-refractivity contribution is 6.30. The number of benzene rings is 2. The van der Waals surface area contributed by atoms with Gasteiger partial charge in [0.2, 0.25) is 0 Å². The van der Waals surface area contributed by atoms with Crippen molar-refractivity contribution < 1.29 is 4.74 Å². The second kappa shape index (κ2) is 6.64. The van der Waals surface area contributed by atoms with Crippen LogP contribution in [0.5, 0.6) is 5.75 Å². The van der Waals surface area contributed by atoms with Gasteiger partial charge in [-0.1, -0.05) is 23.7 Å². The summed E-state index contributed by atoms with van der Waals surface area (Å²) in [6.45, 7) is 0.590. The Balaban J connectivity index is 2.44. The van der Waals surface area contributed by atoms with Crippen LogP contribution in [0.25, 0.3) is 0 Å². The lowest BCUT2D eigenvalue weighted by atomic mass is 10.1. The molecule has 0 bridgehead atoms. The van der Waals surface area contributed by atoms with Crippen LogP contribution < -0.4 is 15.4 Å². The first-order valence-corrected chi connectivity index (χ1v) is 6.90. The summed E-state index contributed by atoms with van der Waals surface area (Å²) < 4.78 is 5.42. The zero-order valence-corrected chi connectivity index (χ0v) is 12.5. The first-order chi connectivity index (χ1) is 9.67. The summed E-state index contributed by atoms with van der Waals surface area (Å²) in [6.07, 6.45) is 0.787. The maximum atomic E-state index is 6.08. The summed E-state index contributed by atoms with van der Waals surface area (Å²) in [4.78, 5) is 2.10. The van der Waals surface area contributed by atoms with Crippen molar-refractivity contribution in [2.24, 2.45) is 5.73 Å². The molecule has 0 saturated carbocycles. The second-order valence-electron chi connectivity index (χ2n) is 4.54. The minimum absolute atomic E-state index is 0.590. The van der Waals surface area contributed by atoms with E-state index in [9.17, 15) is 0 Å². The minimum Gasteiger partial charge on any atom is -0.495 e. The fraction of sp³-hybridized carbons (Fsp3) is 0.250. The van der Waals surface area contributed by atoms with E-state index < -0.39 is 0 Å². The predicted octanol–water partition coefficient (Wildman–Crippen LogP) is 3.62. The van der Waals surface area contributed by atoms with Crippen LogP contribution in [0.2, 0.25) is 5.02 Å². The summed E-state index contributed by atoms with van der Waals surface area (Å²) in [5, 5.41) is 0.727. The Kier molecular flexibility index (Phi) is 4.88. The summed E-state index contributed by atoms with van der Waals surface area (Å²) in [5.41, 5.74) is 8.92. The summed E-state index contributed by atoms with van der Waals surface area (Å²) >= 11 is 6.08. The molecule has 0 unspecified atom stereocenters. The minimum atomic E-state index is 0.590. The van der Waals surface area contributed by atoms with Gasteiger partial charge in [-0.3, -0.25) is 0 Å². The molecule has 20 heavy (non-hydrogen) atoms. The third-order valence-electron chi connectivity index (χ3n) is 3.26. The van der Waals surface area contributed by atoms with Crippen LogP contribution in [-0.4, -0.2) is 20.7 Å². The van der Waals surface area contributed by atoms with Crippen molar-refractivity contribution in [1.82, 2.24) is 0 Å². The molecular formula is C16H19ClN2O. The van der Waals surface area contributed by atoms with Crippen LogP contribution in [0.1, 0.15) is 5.56 Å². The second-order valence-corrected chi connectivity index (χ2v) is 4.98. The molecule has 2 aromatic rings. The van der Waals surface area contributed by atoms with Crippen LogP contribution in [0.3, 0.4) is 0 Å². The monoisotopic (exact) mass is 290 g/mol. The Labute approximate surface area is 124 Å². The van der Waals surface area contributed by atoms with E-state index in [-0.39, 0.29) is 0 Å². The average molecular weight is 291 g/mol. The molecule has 0 aromatic heterocycles. The molecule has 0 amide bonds. The number of halogens is 1. The first-order valence-electron chi connectivity index (χ1n) is 6.52. The Morgan fingerprint density at radius 1 is 1.15 bits per heavy atom. The molecule has 0 radical (unpaired) electrons. The highest BCUT2D eigenvalue weighted by atomic mass is 35.5. The van der Waals surface area contributed by atoms with Gasteiger partial charge in [0.15, 0.2) is 0 Å². The number of ether oxygens (including phenoxy) is 1. The first kappa shape index (κ1) is 14.7. The van der Waals surface area contributed by atoms with E-state index in [0.29, 0.717) is 6.54 Å². The Morgan fingerprint density at radius 3 is 2.60 bits per heavy atom. The highest BCUT2D eigenvalue weighted by Gasteiger charge is 2.13. The molecule has 0 aliphatic rings. The van der Waals surface area contributed by atoms with Crippen LogP contribution in [0.15, 0.2) is 42.5 Å². The molecule has 3 nitrogen and oxygen atoms in total. The molecular weight excluding hydrogens is 272 g/mol. The van der Waals surface area contributed by atoms with E-state index in [1.807, 2.05) is 49.5 Å². The normalized spacial score (nSPS) is 10.4. The number of hydrogen-bond donors (Lipinski definition) is 1. The fourth-order valence-electron chi connectivity index (χ4n) is 2.27. The lowest BCUT2D eigenvalue weighted by molar-refractivity contribution is 0.415. The Bertz CT molecular complexity index is 586. The summed E-state index contributed by atoms with van der Waals surface area (Å²) in [6, 6.07) is 13.8. The molecule has 4 heteroatoms. The van der Waals surface area contributed by atoms with Crippen molar-refractivity contribution in [2.45, 2.75) is 6.42 Å². The van der Waals surface area contributed by atoms with Gasteiger partial charge in [0.05, 0.1) is 12.8 Å². The zero-order valence-electron chi connectivity index (χ0n) is 11.8. The molecule has 2 rings (SSSR count). The molecule has 0 atom stereocenters. The van der Waals surface area contributed by atoms with Crippen molar-refractivity contribution in [3.05, 3.63) is 53.1 Å². The van der Waals surface area contributed by atoms with Crippen LogP contribution in [0.4, 0.5) is 11.4 Å². The fourth-order valence-corrected chi connectivity index (χ4v) is 2.47. The number of nitrogens with zero attached hydrogens (tertiary/aromatic N) is 1. The summed E-state index contributed by atoms with van der Waals surface area (Å²) in [7, 11) is 3.69. The maximum absolute atomic E-state index is 6.08. The molecule has 0 heterocycles. The molecule has 2 aromatic carbocycles. The van der Waals surface area contributed by atoms with Gasteiger partial charge in [-0.15, -0.1) is 0 Å². The van der Waals surface area contributed by atoms with Crippen LogP contribution in [0, 0.1) is 0 Å². The highest BCUT2D eigenvalue weighted by Crippen LogP contribution is 2.34. The molecule has 2 N–H and O–H groups in total. The van der Waals surface area contributed by atoms with Crippen molar-refractivity contribution in [2.75, 3.05) is 25.6 Å². The van der Waals surface area contributed by atoms with Crippen molar-refractivity contribution >= 4 is 23.0 Å². The standard InChI is InChI=1S/C16H19ClN2O/c1-19(15-5-3-4-6-16(15)20-2)14-8-7-13(17)11-12(14)9-10-18/h3-8,11H,9-10,18H2,1-2H3. The van der Waals surface area contributed by atoms with E-state index in [2.05, 4.69) is 4.90 Å². The number of para-hydroxylation sites is 2. The number of hydrogen-bond acceptors (Lipinski definition) is 3. The molecule has 0 saturated heterocycles. The molecule has 0 spiro atoms. The van der Waals surface area contributed by atoms with E-state index in [1.54, 1.807) is 7.11 Å². The lowest BCUT2D eigenvalue weighted by Gasteiger charge is -2.24. The lowest BCUT2D eigenvalue weighted by Crippen LogP contribution is -2.14. The topological polar surface area (TPSA) is 38.5 Å². The third-order valence-corrected chi connectivity index (χ3v) is 3.50. The van der Waals surface area contributed by atoms with Crippen molar-refractivity contribution in [3.8, 4) is 5.75 Å². The molecule has 0 fully saturated rings. The smallest absolute Gasteiger partial charge is 0.142 e. The number of rotatable bonds is 5. The SMILES string of the molecule is COc1ccccc1N(C)c1ccc(Cl)cc1CCN. The van der Waals surface area contributed by atoms with Gasteiger partial charge >= 0.3 is 0 Å². The van der Waals surface area contributed by atoms with Gasteiger partial charge in [0.25, 0.3) is 0 Å². The third kappa shape index (κ3) is 3.06. The number of nitrogens with two attached hydrogens (primary N) is 1. The number of methoxy groups -OCH3 is 1. The maximum Gasteiger partial charge on any atom is 0.142 e. The van der Waals surface area contributed by atoms with Crippen LogP contribution in [-0.2, 0) is 6.42 Å². The van der Waals surface area contributed by atoms with Crippen molar-refractivity contribution in [3.63, 3.8) is 0 Å².